The summed E-state index contributed by atoms with van der Waals surface area (Å²) in [7, 11) is 0. The molecule has 1 unspecified atom stereocenters. The summed E-state index contributed by atoms with van der Waals surface area (Å²) in [5.41, 5.74) is 2.11. The number of nitrogens with one attached hydrogen (secondary N) is 2. The first-order valence-electron chi connectivity index (χ1n) is 7.07. The first-order chi connectivity index (χ1) is 9.25. The van der Waals surface area contributed by atoms with Crippen LogP contribution in [-0.4, -0.2) is 29.7 Å². The number of fused-ring (bicyclic) bond motifs is 1. The van der Waals surface area contributed by atoms with Crippen molar-refractivity contribution in [3.8, 4) is 0 Å². The fourth-order valence-electron chi connectivity index (χ4n) is 3.08. The minimum Gasteiger partial charge on any atom is -0.391 e. The Labute approximate surface area is 113 Å². The Morgan fingerprint density at radius 1 is 1.26 bits per heavy atom. The summed E-state index contributed by atoms with van der Waals surface area (Å²) in [6.07, 6.45) is 3.43. The zero-order chi connectivity index (χ0) is 13.2. The molecule has 19 heavy (non-hydrogen) atoms. The molecular weight excluding hydrogens is 240 g/mol. The summed E-state index contributed by atoms with van der Waals surface area (Å²) >= 11 is 0. The Bertz CT molecular complexity index is 475. The van der Waals surface area contributed by atoms with E-state index in [0.717, 1.165) is 36.9 Å². The highest BCUT2D eigenvalue weighted by molar-refractivity contribution is 5.88. The molecule has 4 heteroatoms. The Hall–Kier alpha value is -1.55. The van der Waals surface area contributed by atoms with Gasteiger partial charge in [-0.1, -0.05) is 31.0 Å². The van der Waals surface area contributed by atoms with Crippen LogP contribution in [0.1, 0.15) is 37.2 Å². The maximum Gasteiger partial charge on any atom is 0.229 e. The van der Waals surface area contributed by atoms with Crippen LogP contribution in [0.25, 0.3) is 0 Å². The van der Waals surface area contributed by atoms with Crippen molar-refractivity contribution in [3.05, 3.63) is 29.8 Å². The van der Waals surface area contributed by atoms with E-state index in [1.165, 1.54) is 0 Å². The van der Waals surface area contributed by atoms with Crippen molar-refractivity contribution in [1.82, 2.24) is 5.32 Å². The molecule has 1 aliphatic carbocycles. The van der Waals surface area contributed by atoms with Gasteiger partial charge in [0.05, 0.1) is 18.1 Å². The van der Waals surface area contributed by atoms with Gasteiger partial charge in [-0.2, -0.15) is 0 Å². The summed E-state index contributed by atoms with van der Waals surface area (Å²) < 4.78 is 0. The van der Waals surface area contributed by atoms with Gasteiger partial charge in [-0.3, -0.25) is 4.79 Å². The van der Waals surface area contributed by atoms with Crippen molar-refractivity contribution in [1.29, 1.82) is 0 Å². The van der Waals surface area contributed by atoms with Crippen LogP contribution in [0.15, 0.2) is 24.3 Å². The molecule has 0 saturated heterocycles. The normalized spacial score (nSPS) is 29.4. The summed E-state index contributed by atoms with van der Waals surface area (Å²) in [5.74, 6) is -0.103. The molecule has 0 aromatic heterocycles. The molecule has 0 bridgehead atoms. The average molecular weight is 260 g/mol. The maximum atomic E-state index is 12.4. The van der Waals surface area contributed by atoms with E-state index >= 15 is 0 Å². The van der Waals surface area contributed by atoms with Gasteiger partial charge in [0.15, 0.2) is 0 Å². The largest absolute Gasteiger partial charge is 0.391 e. The van der Waals surface area contributed by atoms with Gasteiger partial charge < -0.3 is 15.7 Å². The average Bonchev–Trinajstić information content (AvgIpc) is 2.85. The Morgan fingerprint density at radius 3 is 2.89 bits per heavy atom. The van der Waals surface area contributed by atoms with E-state index in [2.05, 4.69) is 10.6 Å². The Balaban J connectivity index is 1.68. The van der Waals surface area contributed by atoms with Crippen LogP contribution in [0.3, 0.4) is 0 Å². The van der Waals surface area contributed by atoms with Gasteiger partial charge in [-0.25, -0.2) is 0 Å². The van der Waals surface area contributed by atoms with Crippen molar-refractivity contribution in [2.45, 2.75) is 43.7 Å². The molecule has 1 fully saturated rings. The summed E-state index contributed by atoms with van der Waals surface area (Å²) in [5, 5.41) is 16.2. The van der Waals surface area contributed by atoms with Gasteiger partial charge in [0.25, 0.3) is 0 Å². The first kappa shape index (κ1) is 12.5. The molecule has 1 aromatic rings. The minimum atomic E-state index is -0.387. The van der Waals surface area contributed by atoms with E-state index in [0.29, 0.717) is 6.54 Å². The van der Waals surface area contributed by atoms with E-state index in [9.17, 15) is 9.90 Å². The van der Waals surface area contributed by atoms with Crippen molar-refractivity contribution in [3.63, 3.8) is 0 Å². The van der Waals surface area contributed by atoms with E-state index in [4.69, 9.17) is 0 Å². The highest BCUT2D eigenvalue weighted by Crippen LogP contribution is 2.31. The van der Waals surface area contributed by atoms with Crippen molar-refractivity contribution in [2.24, 2.45) is 0 Å². The number of para-hydroxylation sites is 1. The maximum absolute atomic E-state index is 12.4. The van der Waals surface area contributed by atoms with E-state index < -0.39 is 0 Å². The number of aliphatic hydroxyl groups excluding tert-OH is 1. The number of carbonyl (C=O) groups is 1. The second-order valence-corrected chi connectivity index (χ2v) is 5.49. The number of hydrogen-bond acceptors (Lipinski definition) is 3. The lowest BCUT2D eigenvalue weighted by Gasteiger charge is -2.29. The number of aliphatic hydroxyl groups is 1. The SMILES string of the molecule is O=C(N[C@@H]1CCCC[C@H]1O)C1CNc2ccccc21. The van der Waals surface area contributed by atoms with E-state index in [1.54, 1.807) is 0 Å². The van der Waals surface area contributed by atoms with Gasteiger partial charge in [0.1, 0.15) is 0 Å². The topological polar surface area (TPSA) is 61.4 Å². The van der Waals surface area contributed by atoms with Crippen LogP contribution in [0, 0.1) is 0 Å². The first-order valence-corrected chi connectivity index (χ1v) is 7.07. The highest BCUT2D eigenvalue weighted by atomic mass is 16.3. The minimum absolute atomic E-state index is 0.0309. The van der Waals surface area contributed by atoms with Crippen molar-refractivity contribution >= 4 is 11.6 Å². The molecular formula is C15H20N2O2. The fraction of sp³-hybridized carbons (Fsp3) is 0.533. The predicted molar refractivity (Wildman–Crippen MR) is 74.1 cm³/mol. The van der Waals surface area contributed by atoms with Gasteiger partial charge >= 0.3 is 0 Å². The fourth-order valence-corrected chi connectivity index (χ4v) is 3.08. The number of hydrogen-bond donors (Lipinski definition) is 3. The monoisotopic (exact) mass is 260 g/mol. The van der Waals surface area contributed by atoms with Gasteiger partial charge in [-0.15, -0.1) is 0 Å². The number of anilines is 1. The van der Waals surface area contributed by atoms with Crippen molar-refractivity contribution in [2.75, 3.05) is 11.9 Å². The zero-order valence-corrected chi connectivity index (χ0v) is 10.9. The van der Waals surface area contributed by atoms with Crippen molar-refractivity contribution < 1.29 is 9.90 Å². The molecule has 102 valence electrons. The number of carbonyl (C=O) groups excluding carboxylic acids is 1. The zero-order valence-electron chi connectivity index (χ0n) is 10.9. The van der Waals surface area contributed by atoms with Crippen LogP contribution >= 0.6 is 0 Å². The molecule has 3 atom stereocenters. The molecule has 0 radical (unpaired) electrons. The lowest BCUT2D eigenvalue weighted by molar-refractivity contribution is -0.124. The number of rotatable bonds is 2. The van der Waals surface area contributed by atoms with E-state index in [1.807, 2.05) is 24.3 Å². The van der Waals surface area contributed by atoms with E-state index in [-0.39, 0.29) is 24.0 Å². The molecule has 1 aromatic carbocycles. The smallest absolute Gasteiger partial charge is 0.229 e. The van der Waals surface area contributed by atoms with Crippen LogP contribution in [0.5, 0.6) is 0 Å². The summed E-state index contributed by atoms with van der Waals surface area (Å²) in [6.45, 7) is 0.647. The number of amides is 1. The molecule has 3 N–H and O–H groups in total. The lowest BCUT2D eigenvalue weighted by atomic mass is 9.91. The predicted octanol–water partition coefficient (Wildman–Crippen LogP) is 1.62. The molecule has 1 aliphatic heterocycles. The van der Waals surface area contributed by atoms with Crippen LogP contribution < -0.4 is 10.6 Å². The Morgan fingerprint density at radius 2 is 2.05 bits per heavy atom. The number of benzene rings is 1. The highest BCUT2D eigenvalue weighted by Gasteiger charge is 2.31. The van der Waals surface area contributed by atoms with Crippen LogP contribution in [-0.2, 0) is 4.79 Å². The van der Waals surface area contributed by atoms with Gasteiger partial charge in [0, 0.05) is 12.2 Å². The summed E-state index contributed by atoms with van der Waals surface area (Å²) in [6, 6.07) is 7.85. The second-order valence-electron chi connectivity index (χ2n) is 5.49. The second kappa shape index (κ2) is 5.21. The van der Waals surface area contributed by atoms with Gasteiger partial charge in [-0.05, 0) is 24.5 Å². The third-order valence-corrected chi connectivity index (χ3v) is 4.21. The molecule has 1 saturated carbocycles. The molecule has 4 nitrogen and oxygen atoms in total. The standard InChI is InChI=1S/C15H20N2O2/c18-14-8-4-3-7-13(14)17-15(19)11-9-16-12-6-2-1-5-10(11)12/h1-2,5-6,11,13-14,16,18H,3-4,7-9H2,(H,17,19)/t11?,13-,14-/m1/s1. The molecule has 1 heterocycles. The van der Waals surface area contributed by atoms with Crippen LogP contribution in [0.4, 0.5) is 5.69 Å². The third-order valence-electron chi connectivity index (χ3n) is 4.21. The Kier molecular flexibility index (Phi) is 3.42. The summed E-state index contributed by atoms with van der Waals surface area (Å²) in [4.78, 5) is 12.4. The molecule has 0 spiro atoms. The molecule has 3 rings (SSSR count). The quantitative estimate of drug-likeness (QED) is 0.757. The van der Waals surface area contributed by atoms with Gasteiger partial charge in [0.2, 0.25) is 5.91 Å². The molecule has 1 amide bonds. The lowest BCUT2D eigenvalue weighted by Crippen LogP contribution is -2.46. The third kappa shape index (κ3) is 2.45. The molecule has 2 aliphatic rings. The van der Waals surface area contributed by atoms with Crippen LogP contribution in [0.2, 0.25) is 0 Å².